The quantitative estimate of drug-likeness (QED) is 0.235. The van der Waals surface area contributed by atoms with Crippen LogP contribution in [0.5, 0.6) is 17.2 Å². The molecule has 0 aliphatic carbocycles. The fourth-order valence-electron chi connectivity index (χ4n) is 4.76. The van der Waals surface area contributed by atoms with Gasteiger partial charge in [-0.15, -0.1) is 0 Å². The van der Waals surface area contributed by atoms with E-state index < -0.39 is 6.04 Å². The van der Waals surface area contributed by atoms with Gasteiger partial charge in [0.05, 0.1) is 27.8 Å². The van der Waals surface area contributed by atoms with Crippen molar-refractivity contribution in [1.29, 1.82) is 0 Å². The Bertz CT molecular complexity index is 1480. The maximum atomic E-state index is 14.0. The summed E-state index contributed by atoms with van der Waals surface area (Å²) in [5, 5.41) is 3.01. The van der Waals surface area contributed by atoms with Gasteiger partial charge in [0.2, 0.25) is 11.8 Å². The third-order valence-electron chi connectivity index (χ3n) is 6.99. The number of amides is 2. The molecule has 1 atom stereocenters. The number of rotatable bonds is 13. The fraction of sp³-hybridized carbons (Fsp3) is 0.235. The molecule has 0 heterocycles. The molecule has 0 spiro atoms. The number of carbonyl (C=O) groups is 2. The molecule has 0 saturated carbocycles. The first-order chi connectivity index (χ1) is 20.4. The summed E-state index contributed by atoms with van der Waals surface area (Å²) in [6.45, 7) is 0.342. The second-order valence-corrected chi connectivity index (χ2v) is 9.75. The summed E-state index contributed by atoms with van der Waals surface area (Å²) in [6, 6.07) is 27.4. The second kappa shape index (κ2) is 14.7. The second-order valence-electron chi connectivity index (χ2n) is 9.75. The van der Waals surface area contributed by atoms with Crippen LogP contribution >= 0.6 is 0 Å². The molecule has 0 fully saturated rings. The van der Waals surface area contributed by atoms with Crippen molar-refractivity contribution in [3.05, 3.63) is 125 Å². The molecule has 0 aliphatic rings. The molecule has 8 heteroatoms. The number of hydrogen-bond donors (Lipinski definition) is 1. The normalized spacial score (nSPS) is 11.3. The van der Waals surface area contributed by atoms with Crippen LogP contribution in [0.1, 0.15) is 22.3 Å². The van der Waals surface area contributed by atoms with Gasteiger partial charge in [-0.05, 0) is 47.0 Å². The van der Waals surface area contributed by atoms with Gasteiger partial charge in [-0.1, -0.05) is 66.7 Å². The zero-order chi connectivity index (χ0) is 29.9. The summed E-state index contributed by atoms with van der Waals surface area (Å²) in [5.41, 5.74) is 3.12. The number of nitrogens with one attached hydrogen (secondary N) is 1. The van der Waals surface area contributed by atoms with Gasteiger partial charge in [-0.2, -0.15) is 0 Å². The third kappa shape index (κ3) is 7.87. The number of halogens is 1. The van der Waals surface area contributed by atoms with Gasteiger partial charge < -0.3 is 24.4 Å². The average Bonchev–Trinajstić information content (AvgIpc) is 3.02. The Kier molecular flexibility index (Phi) is 10.5. The zero-order valence-electron chi connectivity index (χ0n) is 24.0. The Morgan fingerprint density at radius 1 is 0.738 bits per heavy atom. The molecule has 4 rings (SSSR count). The topological polar surface area (TPSA) is 77.1 Å². The Morgan fingerprint density at radius 3 is 2.07 bits per heavy atom. The predicted octanol–water partition coefficient (Wildman–Crippen LogP) is 5.35. The predicted molar refractivity (Wildman–Crippen MR) is 159 cm³/mol. The number of carbonyl (C=O) groups excluding carboxylic acids is 2. The van der Waals surface area contributed by atoms with E-state index in [2.05, 4.69) is 5.32 Å². The van der Waals surface area contributed by atoms with Crippen LogP contribution in [0.25, 0.3) is 0 Å². The summed E-state index contributed by atoms with van der Waals surface area (Å²) in [5.74, 6) is 0.757. The average molecular weight is 571 g/mol. The molecule has 0 saturated heterocycles. The highest BCUT2D eigenvalue weighted by atomic mass is 19.1. The molecule has 0 aromatic heterocycles. The molecule has 0 unspecified atom stereocenters. The SMILES string of the molecule is COc1ccccc1CNC(=O)[C@H](Cc1ccccc1)N(Cc1ccc(F)cc1)C(=O)Cc1ccc(OC)c(OC)c1. The Hall–Kier alpha value is -4.85. The molecule has 42 heavy (non-hydrogen) atoms. The molecule has 1 N–H and O–H groups in total. The Labute approximate surface area is 245 Å². The van der Waals surface area contributed by atoms with Crippen molar-refractivity contribution in [2.24, 2.45) is 0 Å². The molecule has 0 radical (unpaired) electrons. The smallest absolute Gasteiger partial charge is 0.243 e. The summed E-state index contributed by atoms with van der Waals surface area (Å²) in [7, 11) is 4.66. The van der Waals surface area contributed by atoms with Crippen molar-refractivity contribution in [1.82, 2.24) is 10.2 Å². The highest BCUT2D eigenvalue weighted by molar-refractivity contribution is 5.89. The van der Waals surface area contributed by atoms with Gasteiger partial charge in [-0.3, -0.25) is 9.59 Å². The number of ether oxygens (including phenoxy) is 3. The van der Waals surface area contributed by atoms with Crippen LogP contribution in [-0.2, 0) is 35.5 Å². The summed E-state index contributed by atoms with van der Waals surface area (Å²) < 4.78 is 29.9. The molecular weight excluding hydrogens is 535 g/mol. The van der Waals surface area contributed by atoms with E-state index in [-0.39, 0.29) is 43.6 Å². The first-order valence-electron chi connectivity index (χ1n) is 13.6. The van der Waals surface area contributed by atoms with E-state index in [0.29, 0.717) is 28.4 Å². The monoisotopic (exact) mass is 570 g/mol. The maximum absolute atomic E-state index is 14.0. The van der Waals surface area contributed by atoms with Crippen molar-refractivity contribution in [3.8, 4) is 17.2 Å². The van der Waals surface area contributed by atoms with Crippen LogP contribution in [-0.4, -0.2) is 44.1 Å². The molecule has 4 aromatic carbocycles. The van der Waals surface area contributed by atoms with Crippen molar-refractivity contribution < 1.29 is 28.2 Å². The lowest BCUT2D eigenvalue weighted by Crippen LogP contribution is -2.50. The van der Waals surface area contributed by atoms with Crippen LogP contribution < -0.4 is 19.5 Å². The minimum absolute atomic E-state index is 0.0205. The number of nitrogens with zero attached hydrogens (tertiary/aromatic N) is 1. The highest BCUT2D eigenvalue weighted by Gasteiger charge is 2.30. The highest BCUT2D eigenvalue weighted by Crippen LogP contribution is 2.28. The van der Waals surface area contributed by atoms with Crippen molar-refractivity contribution in [2.45, 2.75) is 32.0 Å². The first-order valence-corrected chi connectivity index (χ1v) is 13.6. The maximum Gasteiger partial charge on any atom is 0.243 e. The van der Waals surface area contributed by atoms with Crippen molar-refractivity contribution in [2.75, 3.05) is 21.3 Å². The fourth-order valence-corrected chi connectivity index (χ4v) is 4.76. The lowest BCUT2D eigenvalue weighted by Gasteiger charge is -2.32. The summed E-state index contributed by atoms with van der Waals surface area (Å²) in [4.78, 5) is 29.5. The summed E-state index contributed by atoms with van der Waals surface area (Å²) >= 11 is 0. The van der Waals surface area contributed by atoms with Gasteiger partial charge in [0.25, 0.3) is 0 Å². The van der Waals surface area contributed by atoms with E-state index in [1.807, 2.05) is 54.6 Å². The van der Waals surface area contributed by atoms with Crippen LogP contribution in [0.3, 0.4) is 0 Å². The third-order valence-corrected chi connectivity index (χ3v) is 6.99. The summed E-state index contributed by atoms with van der Waals surface area (Å²) in [6.07, 6.45) is 0.310. The number of hydrogen-bond acceptors (Lipinski definition) is 5. The van der Waals surface area contributed by atoms with Gasteiger partial charge in [-0.25, -0.2) is 4.39 Å². The van der Waals surface area contributed by atoms with Crippen molar-refractivity contribution >= 4 is 11.8 Å². The van der Waals surface area contributed by atoms with Crippen LogP contribution in [0.15, 0.2) is 97.1 Å². The zero-order valence-corrected chi connectivity index (χ0v) is 24.0. The number of methoxy groups -OCH3 is 3. The van der Waals surface area contributed by atoms with Gasteiger partial charge in [0, 0.05) is 25.1 Å². The van der Waals surface area contributed by atoms with Crippen LogP contribution in [0.2, 0.25) is 0 Å². The van der Waals surface area contributed by atoms with Gasteiger partial charge in [0.1, 0.15) is 17.6 Å². The van der Waals surface area contributed by atoms with E-state index in [0.717, 1.165) is 11.1 Å². The Balaban J connectivity index is 1.67. The largest absolute Gasteiger partial charge is 0.496 e. The van der Waals surface area contributed by atoms with Crippen LogP contribution in [0, 0.1) is 5.82 Å². The molecular formula is C34H35FN2O5. The van der Waals surface area contributed by atoms with Crippen molar-refractivity contribution in [3.63, 3.8) is 0 Å². The molecule has 0 aliphatic heterocycles. The van der Waals surface area contributed by atoms with E-state index in [9.17, 15) is 14.0 Å². The standard InChI is InChI=1S/C34H35FN2O5/c1-40-30-12-8-7-11-27(30)22-36-34(39)29(19-24-9-5-4-6-10-24)37(23-25-13-16-28(35)17-14-25)33(38)21-26-15-18-31(41-2)32(20-26)42-3/h4-18,20,29H,19,21-23H2,1-3H3,(H,36,39)/t29-/m0/s1. The van der Waals surface area contributed by atoms with E-state index >= 15 is 0 Å². The lowest BCUT2D eigenvalue weighted by molar-refractivity contribution is -0.140. The van der Waals surface area contributed by atoms with Crippen LogP contribution in [0.4, 0.5) is 4.39 Å². The minimum Gasteiger partial charge on any atom is -0.496 e. The number of para-hydroxylation sites is 1. The molecule has 0 bridgehead atoms. The van der Waals surface area contributed by atoms with Gasteiger partial charge >= 0.3 is 0 Å². The molecule has 2 amide bonds. The lowest BCUT2D eigenvalue weighted by atomic mass is 10.0. The first kappa shape index (κ1) is 30.1. The van der Waals surface area contributed by atoms with E-state index in [1.54, 1.807) is 49.5 Å². The van der Waals surface area contributed by atoms with E-state index in [1.165, 1.54) is 19.2 Å². The Morgan fingerprint density at radius 2 is 1.38 bits per heavy atom. The van der Waals surface area contributed by atoms with Gasteiger partial charge in [0.15, 0.2) is 11.5 Å². The molecule has 218 valence electrons. The van der Waals surface area contributed by atoms with E-state index in [4.69, 9.17) is 14.2 Å². The minimum atomic E-state index is -0.847. The molecule has 7 nitrogen and oxygen atoms in total. The number of benzene rings is 4. The molecule has 4 aromatic rings.